The summed E-state index contributed by atoms with van der Waals surface area (Å²) in [6, 6.07) is 4.03. The Bertz CT molecular complexity index is 780. The van der Waals surface area contributed by atoms with Crippen LogP contribution in [-0.2, 0) is 19.9 Å². The van der Waals surface area contributed by atoms with Gasteiger partial charge in [-0.25, -0.2) is 21.6 Å². The number of sulfonamides is 1. The average molecular weight is 383 g/mol. The van der Waals surface area contributed by atoms with Crippen molar-refractivity contribution in [2.24, 2.45) is 0 Å². The maximum atomic E-state index is 12.2. The summed E-state index contributed by atoms with van der Waals surface area (Å²) in [5.74, 6) is -0.410. The Morgan fingerprint density at radius 1 is 1.30 bits per heavy atom. The smallest absolute Gasteiger partial charge is 0.240 e. The maximum absolute atomic E-state index is 12.2. The number of nitrogens with one attached hydrogen (secondary N) is 2. The second-order valence-corrected chi connectivity index (χ2v) is 9.84. The van der Waals surface area contributed by atoms with Crippen molar-refractivity contribution in [3.8, 4) is 0 Å². The molecule has 1 aliphatic rings. The molecule has 0 aromatic heterocycles. The summed E-state index contributed by atoms with van der Waals surface area (Å²) in [7, 11) is -6.93. The van der Waals surface area contributed by atoms with Crippen LogP contribution in [-0.4, -0.2) is 58.7 Å². The topological polar surface area (TPSA) is 113 Å². The highest BCUT2D eigenvalue weighted by atomic mass is 35.5. The number of hydrogen-bond donors (Lipinski definition) is 3. The van der Waals surface area contributed by atoms with E-state index < -0.39 is 32.0 Å². The molecular formula is C13H19ClN2O5S2. The van der Waals surface area contributed by atoms with E-state index in [1.165, 1.54) is 6.07 Å². The number of halogens is 1. The third kappa shape index (κ3) is 4.88. The predicted molar refractivity (Wildman–Crippen MR) is 87.8 cm³/mol. The summed E-state index contributed by atoms with van der Waals surface area (Å²) in [6.07, 6.45) is -0.966. The van der Waals surface area contributed by atoms with Crippen LogP contribution in [0, 0.1) is 6.92 Å². The lowest BCUT2D eigenvalue weighted by molar-refractivity contribution is 0.166. The highest BCUT2D eigenvalue weighted by Gasteiger charge is 2.35. The van der Waals surface area contributed by atoms with Gasteiger partial charge in [0.25, 0.3) is 0 Å². The van der Waals surface area contributed by atoms with Gasteiger partial charge in [-0.2, -0.15) is 0 Å². The van der Waals surface area contributed by atoms with Gasteiger partial charge < -0.3 is 10.4 Å². The second kappa shape index (κ2) is 7.04. The molecule has 2 rings (SSSR count). The van der Waals surface area contributed by atoms with E-state index >= 15 is 0 Å². The number of rotatable bonds is 6. The zero-order chi connectivity index (χ0) is 17.3. The summed E-state index contributed by atoms with van der Waals surface area (Å²) in [4.78, 5) is 0.105. The van der Waals surface area contributed by atoms with Gasteiger partial charge in [-0.15, -0.1) is 0 Å². The number of aliphatic hydroxyl groups is 1. The molecule has 1 aromatic rings. The van der Waals surface area contributed by atoms with Gasteiger partial charge in [0, 0.05) is 24.2 Å². The van der Waals surface area contributed by atoms with Gasteiger partial charge in [0.2, 0.25) is 10.0 Å². The van der Waals surface area contributed by atoms with Crippen LogP contribution in [0.2, 0.25) is 5.02 Å². The van der Waals surface area contributed by atoms with Crippen molar-refractivity contribution >= 4 is 31.5 Å². The molecule has 0 bridgehead atoms. The predicted octanol–water partition coefficient (Wildman–Crippen LogP) is -0.326. The molecule has 1 saturated heterocycles. The van der Waals surface area contributed by atoms with Gasteiger partial charge in [-0.1, -0.05) is 17.7 Å². The minimum atomic E-state index is -3.70. The van der Waals surface area contributed by atoms with E-state index in [0.717, 1.165) is 0 Å². The molecule has 1 aromatic carbocycles. The molecule has 0 spiro atoms. The van der Waals surface area contributed by atoms with Crippen molar-refractivity contribution in [1.82, 2.24) is 10.0 Å². The first kappa shape index (κ1) is 18.6. The molecule has 0 amide bonds. The van der Waals surface area contributed by atoms with E-state index in [-0.39, 0.29) is 29.5 Å². The SMILES string of the molecule is Cc1ccc(Cl)cc1S(=O)(=O)NCCN[C@H]1CS(=O)(=O)C[C@H]1O. The van der Waals surface area contributed by atoms with Gasteiger partial charge in [-0.3, -0.25) is 0 Å². The van der Waals surface area contributed by atoms with E-state index in [4.69, 9.17) is 11.6 Å². The number of benzene rings is 1. The first-order valence-electron chi connectivity index (χ1n) is 6.98. The fraction of sp³-hybridized carbons (Fsp3) is 0.538. The number of aryl methyl sites for hydroxylation is 1. The van der Waals surface area contributed by atoms with Gasteiger partial charge in [-0.05, 0) is 24.6 Å². The largest absolute Gasteiger partial charge is 0.390 e. The van der Waals surface area contributed by atoms with E-state index in [0.29, 0.717) is 10.6 Å². The molecule has 130 valence electrons. The first-order chi connectivity index (χ1) is 10.6. The van der Waals surface area contributed by atoms with Crippen molar-refractivity contribution in [2.45, 2.75) is 24.0 Å². The highest BCUT2D eigenvalue weighted by molar-refractivity contribution is 7.91. The van der Waals surface area contributed by atoms with Gasteiger partial charge in [0.05, 0.1) is 22.5 Å². The zero-order valence-electron chi connectivity index (χ0n) is 12.5. The van der Waals surface area contributed by atoms with Gasteiger partial charge in [0.15, 0.2) is 9.84 Å². The standard InChI is InChI=1S/C13H19ClN2O5S2/c1-9-2-3-10(14)6-13(9)23(20,21)16-5-4-15-11-7-22(18,19)8-12(11)17/h2-3,6,11-12,15-17H,4-5,7-8H2,1H3/t11-,12+/m0/s1. The van der Waals surface area contributed by atoms with Crippen LogP contribution in [0.25, 0.3) is 0 Å². The summed E-state index contributed by atoms with van der Waals surface area (Å²) in [5, 5.41) is 12.8. The maximum Gasteiger partial charge on any atom is 0.240 e. The van der Waals surface area contributed by atoms with Crippen molar-refractivity contribution in [3.05, 3.63) is 28.8 Å². The molecule has 1 heterocycles. The van der Waals surface area contributed by atoms with Crippen molar-refractivity contribution < 1.29 is 21.9 Å². The fourth-order valence-corrected chi connectivity index (χ4v) is 5.72. The molecule has 2 atom stereocenters. The number of sulfone groups is 1. The average Bonchev–Trinajstić information content (AvgIpc) is 2.70. The lowest BCUT2D eigenvalue weighted by Crippen LogP contribution is -2.42. The van der Waals surface area contributed by atoms with Gasteiger partial charge >= 0.3 is 0 Å². The van der Waals surface area contributed by atoms with Crippen LogP contribution in [0.4, 0.5) is 0 Å². The molecule has 0 aliphatic carbocycles. The Labute approximate surface area is 141 Å². The van der Waals surface area contributed by atoms with E-state index in [9.17, 15) is 21.9 Å². The third-order valence-electron chi connectivity index (χ3n) is 3.59. The summed E-state index contributed by atoms with van der Waals surface area (Å²) >= 11 is 5.82. The summed E-state index contributed by atoms with van der Waals surface area (Å²) in [6.45, 7) is 1.94. The molecule has 0 unspecified atom stereocenters. The first-order valence-corrected chi connectivity index (χ1v) is 10.7. The molecule has 10 heteroatoms. The third-order valence-corrected chi connectivity index (χ3v) is 7.14. The molecule has 0 saturated carbocycles. The van der Waals surface area contributed by atoms with E-state index in [1.807, 2.05) is 0 Å². The van der Waals surface area contributed by atoms with Crippen LogP contribution in [0.5, 0.6) is 0 Å². The Morgan fingerprint density at radius 3 is 2.61 bits per heavy atom. The molecule has 7 nitrogen and oxygen atoms in total. The zero-order valence-corrected chi connectivity index (χ0v) is 14.9. The Morgan fingerprint density at radius 2 is 2.00 bits per heavy atom. The van der Waals surface area contributed by atoms with E-state index in [1.54, 1.807) is 19.1 Å². The summed E-state index contributed by atoms with van der Waals surface area (Å²) < 4.78 is 49.6. The van der Waals surface area contributed by atoms with Crippen molar-refractivity contribution in [3.63, 3.8) is 0 Å². The Kier molecular flexibility index (Phi) is 5.70. The minimum Gasteiger partial charge on any atom is -0.390 e. The van der Waals surface area contributed by atoms with Crippen LogP contribution in [0.3, 0.4) is 0 Å². The molecule has 3 N–H and O–H groups in total. The quantitative estimate of drug-likeness (QED) is 0.581. The van der Waals surface area contributed by atoms with Crippen molar-refractivity contribution in [2.75, 3.05) is 24.6 Å². The molecule has 1 fully saturated rings. The number of hydrogen-bond acceptors (Lipinski definition) is 6. The normalized spacial score (nSPS) is 24.0. The van der Waals surface area contributed by atoms with Crippen LogP contribution in [0.1, 0.15) is 5.56 Å². The number of aliphatic hydroxyl groups excluding tert-OH is 1. The van der Waals surface area contributed by atoms with Crippen LogP contribution >= 0.6 is 11.6 Å². The highest BCUT2D eigenvalue weighted by Crippen LogP contribution is 2.19. The van der Waals surface area contributed by atoms with Gasteiger partial charge in [0.1, 0.15) is 0 Å². The Balaban J connectivity index is 1.90. The Hall–Kier alpha value is -0.710. The lowest BCUT2D eigenvalue weighted by Gasteiger charge is -2.15. The molecule has 23 heavy (non-hydrogen) atoms. The van der Waals surface area contributed by atoms with Crippen molar-refractivity contribution in [1.29, 1.82) is 0 Å². The monoisotopic (exact) mass is 382 g/mol. The fourth-order valence-electron chi connectivity index (χ4n) is 2.41. The molecule has 1 aliphatic heterocycles. The summed E-state index contributed by atoms with van der Waals surface area (Å²) in [5.41, 5.74) is 0.576. The minimum absolute atomic E-state index is 0.0670. The molecule has 0 radical (unpaired) electrons. The van der Waals surface area contributed by atoms with Crippen LogP contribution < -0.4 is 10.0 Å². The second-order valence-electron chi connectivity index (χ2n) is 5.51. The van der Waals surface area contributed by atoms with Crippen LogP contribution in [0.15, 0.2) is 23.1 Å². The molecular weight excluding hydrogens is 364 g/mol. The van der Waals surface area contributed by atoms with E-state index in [2.05, 4.69) is 10.0 Å². The lowest BCUT2D eigenvalue weighted by atomic mass is 10.2.